The number of nitrogens with two attached hydrogens (primary N) is 1. The number of fused-ring (bicyclic) bond motifs is 1. The van der Waals surface area contributed by atoms with E-state index < -0.39 is 0 Å². The Morgan fingerprint density at radius 3 is 2.42 bits per heavy atom. The number of nitrogen functional groups attached to an aromatic ring is 1. The first-order valence-electron chi connectivity index (χ1n) is 7.65. The van der Waals surface area contributed by atoms with E-state index in [-0.39, 0.29) is 0 Å². The molecule has 0 aliphatic heterocycles. The van der Waals surface area contributed by atoms with Crippen molar-refractivity contribution < 1.29 is 4.74 Å². The van der Waals surface area contributed by atoms with Crippen molar-refractivity contribution in [1.29, 1.82) is 0 Å². The standard InChI is InChI=1S/C19H16N4O/c1-12-11-21-18(16-17(12)22-23-19(16)20)13-7-9-15(10-8-13)24-14-5-3-2-4-6-14/h2-11H,1H3,(H3,20,22,23). The summed E-state index contributed by atoms with van der Waals surface area (Å²) in [4.78, 5) is 4.54. The van der Waals surface area contributed by atoms with E-state index in [9.17, 15) is 0 Å². The molecule has 24 heavy (non-hydrogen) atoms. The Balaban J connectivity index is 1.71. The van der Waals surface area contributed by atoms with Crippen LogP contribution in [0, 0.1) is 6.92 Å². The largest absolute Gasteiger partial charge is 0.457 e. The third-order valence-electron chi connectivity index (χ3n) is 3.92. The van der Waals surface area contributed by atoms with Gasteiger partial charge in [0.15, 0.2) is 5.82 Å². The average Bonchev–Trinajstić information content (AvgIpc) is 3.00. The molecule has 5 heteroatoms. The van der Waals surface area contributed by atoms with Gasteiger partial charge in [-0.1, -0.05) is 18.2 Å². The number of anilines is 1. The van der Waals surface area contributed by atoms with Crippen LogP contribution >= 0.6 is 0 Å². The third-order valence-corrected chi connectivity index (χ3v) is 3.92. The molecule has 0 fully saturated rings. The van der Waals surface area contributed by atoms with Crippen LogP contribution in [0.5, 0.6) is 11.5 Å². The van der Waals surface area contributed by atoms with Crippen LogP contribution in [0.4, 0.5) is 5.82 Å². The lowest BCUT2D eigenvalue weighted by molar-refractivity contribution is 0.483. The van der Waals surface area contributed by atoms with Crippen LogP contribution in [0.25, 0.3) is 22.2 Å². The second kappa shape index (κ2) is 5.70. The molecule has 0 saturated carbocycles. The van der Waals surface area contributed by atoms with Crippen molar-refractivity contribution in [2.45, 2.75) is 6.92 Å². The molecule has 0 atom stereocenters. The summed E-state index contributed by atoms with van der Waals surface area (Å²) in [6, 6.07) is 17.5. The first-order chi connectivity index (χ1) is 11.7. The van der Waals surface area contributed by atoms with E-state index in [4.69, 9.17) is 10.5 Å². The molecule has 5 nitrogen and oxygen atoms in total. The van der Waals surface area contributed by atoms with Crippen molar-refractivity contribution in [1.82, 2.24) is 15.2 Å². The van der Waals surface area contributed by atoms with Crippen LogP contribution in [0.15, 0.2) is 60.8 Å². The number of aryl methyl sites for hydroxylation is 1. The number of hydrogen-bond donors (Lipinski definition) is 2. The van der Waals surface area contributed by atoms with Crippen molar-refractivity contribution in [2.75, 3.05) is 5.73 Å². The van der Waals surface area contributed by atoms with Gasteiger partial charge >= 0.3 is 0 Å². The number of aromatic nitrogens is 3. The summed E-state index contributed by atoms with van der Waals surface area (Å²) < 4.78 is 5.82. The molecule has 2 aromatic carbocycles. The molecular formula is C19H16N4O. The van der Waals surface area contributed by atoms with E-state index in [0.29, 0.717) is 5.82 Å². The van der Waals surface area contributed by atoms with Gasteiger partial charge in [-0.05, 0) is 48.9 Å². The Morgan fingerprint density at radius 1 is 0.958 bits per heavy atom. The average molecular weight is 316 g/mol. The van der Waals surface area contributed by atoms with Crippen molar-refractivity contribution in [3.05, 3.63) is 66.4 Å². The molecule has 0 unspecified atom stereocenters. The summed E-state index contributed by atoms with van der Waals surface area (Å²) in [7, 11) is 0. The zero-order chi connectivity index (χ0) is 16.5. The van der Waals surface area contributed by atoms with Gasteiger partial charge in [0.05, 0.1) is 16.6 Å². The van der Waals surface area contributed by atoms with Crippen LogP contribution in [0.3, 0.4) is 0 Å². The predicted molar refractivity (Wildman–Crippen MR) is 95.0 cm³/mol. The fraction of sp³-hybridized carbons (Fsp3) is 0.0526. The highest BCUT2D eigenvalue weighted by Crippen LogP contribution is 2.32. The minimum atomic E-state index is 0.459. The molecule has 118 valence electrons. The zero-order valence-electron chi connectivity index (χ0n) is 13.2. The van der Waals surface area contributed by atoms with Crippen molar-refractivity contribution in [3.8, 4) is 22.8 Å². The van der Waals surface area contributed by atoms with E-state index in [1.54, 1.807) is 0 Å². The third kappa shape index (κ3) is 2.46. The number of nitrogens with one attached hydrogen (secondary N) is 1. The van der Waals surface area contributed by atoms with Crippen molar-refractivity contribution in [2.24, 2.45) is 0 Å². The molecule has 0 aliphatic rings. The fourth-order valence-electron chi connectivity index (χ4n) is 2.70. The normalized spacial score (nSPS) is 10.9. The zero-order valence-corrected chi connectivity index (χ0v) is 13.2. The number of hydrogen-bond acceptors (Lipinski definition) is 4. The van der Waals surface area contributed by atoms with Gasteiger partial charge < -0.3 is 10.5 Å². The summed E-state index contributed by atoms with van der Waals surface area (Å²) in [5.41, 5.74) is 9.72. The highest BCUT2D eigenvalue weighted by atomic mass is 16.5. The van der Waals surface area contributed by atoms with Crippen LogP contribution in [-0.4, -0.2) is 15.2 Å². The summed E-state index contributed by atoms with van der Waals surface area (Å²) in [5, 5.41) is 7.93. The Hall–Kier alpha value is -3.34. The summed E-state index contributed by atoms with van der Waals surface area (Å²) in [6.07, 6.45) is 1.82. The topological polar surface area (TPSA) is 76.8 Å². The molecule has 4 rings (SSSR count). The number of para-hydroxylation sites is 1. The van der Waals surface area contributed by atoms with E-state index in [1.807, 2.05) is 67.7 Å². The Morgan fingerprint density at radius 2 is 1.67 bits per heavy atom. The lowest BCUT2D eigenvalue weighted by Gasteiger charge is -2.08. The highest BCUT2D eigenvalue weighted by Gasteiger charge is 2.13. The maximum absolute atomic E-state index is 6.01. The number of nitrogens with zero attached hydrogens (tertiary/aromatic N) is 2. The van der Waals surface area contributed by atoms with Gasteiger partial charge in [-0.15, -0.1) is 0 Å². The second-order valence-corrected chi connectivity index (χ2v) is 5.59. The van der Waals surface area contributed by atoms with Gasteiger partial charge in [-0.25, -0.2) is 0 Å². The smallest absolute Gasteiger partial charge is 0.155 e. The summed E-state index contributed by atoms with van der Waals surface area (Å²) in [5.74, 6) is 2.04. The SMILES string of the molecule is Cc1cnc(-c2ccc(Oc3ccccc3)cc2)c2c(N)n[nH]c12. The number of ether oxygens (including phenoxy) is 1. The fourth-order valence-corrected chi connectivity index (χ4v) is 2.70. The predicted octanol–water partition coefficient (Wildman–Crippen LogP) is 4.31. The van der Waals surface area contributed by atoms with Gasteiger partial charge in [0.2, 0.25) is 0 Å². The monoisotopic (exact) mass is 316 g/mol. The minimum absolute atomic E-state index is 0.459. The van der Waals surface area contributed by atoms with E-state index in [0.717, 1.165) is 39.2 Å². The van der Waals surface area contributed by atoms with Crippen LogP contribution < -0.4 is 10.5 Å². The maximum Gasteiger partial charge on any atom is 0.155 e. The number of pyridine rings is 1. The number of benzene rings is 2. The first-order valence-corrected chi connectivity index (χ1v) is 7.65. The minimum Gasteiger partial charge on any atom is -0.457 e. The molecule has 0 saturated heterocycles. The van der Waals surface area contributed by atoms with Crippen LogP contribution in [0.1, 0.15) is 5.56 Å². The Bertz CT molecular complexity index is 991. The van der Waals surface area contributed by atoms with Gasteiger partial charge in [0.1, 0.15) is 11.5 Å². The molecule has 3 N–H and O–H groups in total. The van der Waals surface area contributed by atoms with Crippen LogP contribution in [-0.2, 0) is 0 Å². The number of H-pyrrole nitrogens is 1. The molecule has 0 amide bonds. The number of rotatable bonds is 3. The van der Waals surface area contributed by atoms with Gasteiger partial charge in [0.25, 0.3) is 0 Å². The molecule has 0 aliphatic carbocycles. The molecule has 0 radical (unpaired) electrons. The van der Waals surface area contributed by atoms with E-state index in [1.165, 1.54) is 0 Å². The van der Waals surface area contributed by atoms with E-state index >= 15 is 0 Å². The Kier molecular flexibility index (Phi) is 3.39. The maximum atomic E-state index is 6.01. The second-order valence-electron chi connectivity index (χ2n) is 5.59. The lowest BCUT2D eigenvalue weighted by Crippen LogP contribution is -1.91. The molecule has 0 spiro atoms. The van der Waals surface area contributed by atoms with Gasteiger partial charge in [-0.2, -0.15) is 5.10 Å². The first kappa shape index (κ1) is 14.3. The summed E-state index contributed by atoms with van der Waals surface area (Å²) >= 11 is 0. The molecule has 4 aromatic rings. The van der Waals surface area contributed by atoms with Gasteiger partial charge in [0, 0.05) is 11.8 Å². The van der Waals surface area contributed by atoms with E-state index in [2.05, 4.69) is 15.2 Å². The number of aromatic amines is 1. The highest BCUT2D eigenvalue weighted by molar-refractivity contribution is 6.00. The lowest BCUT2D eigenvalue weighted by atomic mass is 10.1. The van der Waals surface area contributed by atoms with Crippen LogP contribution in [0.2, 0.25) is 0 Å². The molecular weight excluding hydrogens is 300 g/mol. The summed E-state index contributed by atoms with van der Waals surface area (Å²) in [6.45, 7) is 1.98. The molecule has 2 aromatic heterocycles. The quantitative estimate of drug-likeness (QED) is 0.590. The van der Waals surface area contributed by atoms with Crippen molar-refractivity contribution in [3.63, 3.8) is 0 Å². The molecule has 0 bridgehead atoms. The molecule has 2 heterocycles. The van der Waals surface area contributed by atoms with Gasteiger partial charge in [-0.3, -0.25) is 10.1 Å². The van der Waals surface area contributed by atoms with Crippen molar-refractivity contribution >= 4 is 16.7 Å². The Labute approximate surface area is 139 Å².